The van der Waals surface area contributed by atoms with Gasteiger partial charge in [-0.25, -0.2) is 4.79 Å². The second-order valence-electron chi connectivity index (χ2n) is 4.55. The summed E-state index contributed by atoms with van der Waals surface area (Å²) < 4.78 is 4.96. The van der Waals surface area contributed by atoms with Gasteiger partial charge >= 0.3 is 6.09 Å². The van der Waals surface area contributed by atoms with Gasteiger partial charge < -0.3 is 21.1 Å². The van der Waals surface area contributed by atoms with Crippen molar-refractivity contribution < 1.29 is 19.1 Å². The summed E-state index contributed by atoms with van der Waals surface area (Å²) in [6.07, 6.45) is -0.695. The van der Waals surface area contributed by atoms with Crippen LogP contribution in [0.2, 0.25) is 0 Å². The first-order valence-corrected chi connectivity index (χ1v) is 5.17. The summed E-state index contributed by atoms with van der Waals surface area (Å²) >= 11 is 0. The Bertz CT molecular complexity index is 309. The molecule has 7 heteroatoms. The molecule has 0 aliphatic heterocycles. The van der Waals surface area contributed by atoms with E-state index in [4.69, 9.17) is 10.5 Å². The van der Waals surface area contributed by atoms with Crippen molar-refractivity contribution >= 4 is 17.9 Å². The first kappa shape index (κ1) is 15.2. The number of amides is 3. The lowest BCUT2D eigenvalue weighted by Gasteiger charge is -2.21. The Morgan fingerprint density at radius 1 is 1.29 bits per heavy atom. The van der Waals surface area contributed by atoms with Crippen LogP contribution in [-0.2, 0) is 14.3 Å². The van der Waals surface area contributed by atoms with Crippen LogP contribution in [0, 0.1) is 0 Å². The summed E-state index contributed by atoms with van der Waals surface area (Å²) in [5, 5.41) is 4.60. The van der Waals surface area contributed by atoms with Crippen LogP contribution < -0.4 is 16.4 Å². The van der Waals surface area contributed by atoms with Gasteiger partial charge in [0.05, 0.1) is 6.54 Å². The quantitative estimate of drug-likeness (QED) is 0.620. The molecule has 0 aliphatic rings. The highest BCUT2D eigenvalue weighted by molar-refractivity contribution is 5.88. The Labute approximate surface area is 100 Å². The van der Waals surface area contributed by atoms with E-state index in [2.05, 4.69) is 10.6 Å². The monoisotopic (exact) mass is 245 g/mol. The topological polar surface area (TPSA) is 111 Å². The van der Waals surface area contributed by atoms with Gasteiger partial charge in [-0.1, -0.05) is 0 Å². The predicted molar refractivity (Wildman–Crippen MR) is 61.0 cm³/mol. The maximum atomic E-state index is 11.4. The molecule has 0 radical (unpaired) electrons. The predicted octanol–water partition coefficient (Wildman–Crippen LogP) is -0.499. The molecule has 0 heterocycles. The molecule has 0 fully saturated rings. The van der Waals surface area contributed by atoms with E-state index in [1.165, 1.54) is 6.92 Å². The summed E-state index contributed by atoms with van der Waals surface area (Å²) in [4.78, 5) is 33.1. The average Bonchev–Trinajstić information content (AvgIpc) is 2.10. The van der Waals surface area contributed by atoms with Crippen molar-refractivity contribution in [2.24, 2.45) is 5.73 Å². The zero-order valence-corrected chi connectivity index (χ0v) is 10.5. The minimum Gasteiger partial charge on any atom is -0.444 e. The van der Waals surface area contributed by atoms with Crippen LogP contribution >= 0.6 is 0 Å². The Morgan fingerprint density at radius 2 is 1.82 bits per heavy atom. The molecule has 0 aromatic rings. The van der Waals surface area contributed by atoms with E-state index in [1.54, 1.807) is 20.8 Å². The lowest BCUT2D eigenvalue weighted by atomic mass is 10.2. The zero-order valence-electron chi connectivity index (χ0n) is 10.5. The Hall–Kier alpha value is -1.79. The molecule has 0 saturated heterocycles. The van der Waals surface area contributed by atoms with E-state index in [1.807, 2.05) is 0 Å². The van der Waals surface area contributed by atoms with Crippen LogP contribution in [0.3, 0.4) is 0 Å². The standard InChI is InChI=1S/C10H19N3O4/c1-6(8(15)12-5-7(11)14)13-9(16)17-10(2,3)4/h6H,5H2,1-4H3,(H2,11,14)(H,12,15)(H,13,16). The number of hydrogen-bond donors (Lipinski definition) is 3. The third-order valence-corrected chi connectivity index (χ3v) is 1.56. The molecule has 1 atom stereocenters. The number of nitrogens with two attached hydrogens (primary N) is 1. The maximum absolute atomic E-state index is 11.4. The van der Waals surface area contributed by atoms with Crippen LogP contribution in [0.4, 0.5) is 4.79 Å². The number of carbonyl (C=O) groups is 3. The van der Waals surface area contributed by atoms with Gasteiger partial charge in [0.25, 0.3) is 0 Å². The van der Waals surface area contributed by atoms with Gasteiger partial charge in [0.2, 0.25) is 11.8 Å². The fourth-order valence-electron chi connectivity index (χ4n) is 0.877. The van der Waals surface area contributed by atoms with Crippen molar-refractivity contribution in [3.63, 3.8) is 0 Å². The smallest absolute Gasteiger partial charge is 0.408 e. The van der Waals surface area contributed by atoms with E-state index in [9.17, 15) is 14.4 Å². The van der Waals surface area contributed by atoms with E-state index in [-0.39, 0.29) is 6.54 Å². The van der Waals surface area contributed by atoms with Crippen molar-refractivity contribution in [1.29, 1.82) is 0 Å². The van der Waals surface area contributed by atoms with Crippen molar-refractivity contribution in [2.45, 2.75) is 39.3 Å². The van der Waals surface area contributed by atoms with Crippen molar-refractivity contribution in [2.75, 3.05) is 6.54 Å². The van der Waals surface area contributed by atoms with Gasteiger partial charge in [-0.05, 0) is 27.7 Å². The van der Waals surface area contributed by atoms with E-state index < -0.39 is 29.6 Å². The van der Waals surface area contributed by atoms with Gasteiger partial charge in [0, 0.05) is 0 Å². The second-order valence-corrected chi connectivity index (χ2v) is 4.55. The summed E-state index contributed by atoms with van der Waals surface area (Å²) in [6, 6.07) is -0.802. The first-order chi connectivity index (χ1) is 7.61. The zero-order chi connectivity index (χ0) is 13.6. The van der Waals surface area contributed by atoms with E-state index in [0.717, 1.165) is 0 Å². The summed E-state index contributed by atoms with van der Waals surface area (Å²) in [5.41, 5.74) is 4.23. The molecule has 0 aliphatic carbocycles. The Balaban J connectivity index is 4.08. The fraction of sp³-hybridized carbons (Fsp3) is 0.700. The molecule has 98 valence electrons. The van der Waals surface area contributed by atoms with Crippen LogP contribution in [0.1, 0.15) is 27.7 Å². The molecule has 1 unspecified atom stereocenters. The van der Waals surface area contributed by atoms with Crippen molar-refractivity contribution in [1.82, 2.24) is 10.6 Å². The molecular formula is C10H19N3O4. The van der Waals surface area contributed by atoms with Crippen molar-refractivity contribution in [3.8, 4) is 0 Å². The van der Waals surface area contributed by atoms with Gasteiger partial charge in [-0.3, -0.25) is 9.59 Å². The molecule has 0 saturated carbocycles. The average molecular weight is 245 g/mol. The molecule has 7 nitrogen and oxygen atoms in total. The fourth-order valence-corrected chi connectivity index (χ4v) is 0.877. The van der Waals surface area contributed by atoms with Crippen LogP contribution in [0.15, 0.2) is 0 Å². The van der Waals surface area contributed by atoms with E-state index in [0.29, 0.717) is 0 Å². The number of rotatable bonds is 4. The Morgan fingerprint density at radius 3 is 2.24 bits per heavy atom. The lowest BCUT2D eigenvalue weighted by molar-refractivity contribution is -0.125. The number of primary amides is 1. The van der Waals surface area contributed by atoms with Crippen LogP contribution in [-0.4, -0.2) is 36.1 Å². The molecular weight excluding hydrogens is 226 g/mol. The largest absolute Gasteiger partial charge is 0.444 e. The summed E-state index contributed by atoms with van der Waals surface area (Å²) in [6.45, 7) is 6.35. The molecule has 3 amide bonds. The molecule has 17 heavy (non-hydrogen) atoms. The highest BCUT2D eigenvalue weighted by Crippen LogP contribution is 2.06. The lowest BCUT2D eigenvalue weighted by Crippen LogP contribution is -2.48. The minimum atomic E-state index is -0.802. The molecule has 0 bridgehead atoms. The van der Waals surface area contributed by atoms with Crippen LogP contribution in [0.5, 0.6) is 0 Å². The Kier molecular flexibility index (Phi) is 5.43. The number of alkyl carbamates (subject to hydrolysis) is 1. The van der Waals surface area contributed by atoms with Gasteiger partial charge in [0.15, 0.2) is 0 Å². The molecule has 4 N–H and O–H groups in total. The number of ether oxygens (including phenoxy) is 1. The van der Waals surface area contributed by atoms with E-state index >= 15 is 0 Å². The van der Waals surface area contributed by atoms with Gasteiger partial charge in [-0.2, -0.15) is 0 Å². The SMILES string of the molecule is CC(NC(=O)OC(C)(C)C)C(=O)NCC(N)=O. The molecule has 0 aromatic heterocycles. The van der Waals surface area contributed by atoms with Gasteiger partial charge in [0.1, 0.15) is 11.6 Å². The first-order valence-electron chi connectivity index (χ1n) is 5.17. The normalized spacial score (nSPS) is 12.5. The highest BCUT2D eigenvalue weighted by Gasteiger charge is 2.20. The minimum absolute atomic E-state index is 0.265. The highest BCUT2D eigenvalue weighted by atomic mass is 16.6. The third kappa shape index (κ3) is 8.06. The number of hydrogen-bond acceptors (Lipinski definition) is 4. The third-order valence-electron chi connectivity index (χ3n) is 1.56. The molecule has 0 rings (SSSR count). The van der Waals surface area contributed by atoms with Crippen LogP contribution in [0.25, 0.3) is 0 Å². The maximum Gasteiger partial charge on any atom is 0.408 e. The summed E-state index contributed by atoms with van der Waals surface area (Å²) in [7, 11) is 0. The van der Waals surface area contributed by atoms with Gasteiger partial charge in [-0.15, -0.1) is 0 Å². The second kappa shape index (κ2) is 6.07. The summed E-state index contributed by atoms with van der Waals surface area (Å²) in [5.74, 6) is -1.16. The molecule has 0 aromatic carbocycles. The number of carbonyl (C=O) groups excluding carboxylic acids is 3. The van der Waals surface area contributed by atoms with Crippen molar-refractivity contribution in [3.05, 3.63) is 0 Å². The number of nitrogens with one attached hydrogen (secondary N) is 2. The molecule has 0 spiro atoms.